The normalized spacial score (nSPS) is 17.6. The van der Waals surface area contributed by atoms with Gasteiger partial charge in [-0.1, -0.05) is 5.16 Å². The summed E-state index contributed by atoms with van der Waals surface area (Å²) in [6.07, 6.45) is 3.32. The molecular formula is C13H16N2O2. The van der Waals surface area contributed by atoms with Crippen molar-refractivity contribution in [2.75, 3.05) is 13.1 Å². The number of hydrogen-bond donors (Lipinski definition) is 2. The summed E-state index contributed by atoms with van der Waals surface area (Å²) in [6.45, 7) is 2.18. The molecule has 0 unspecified atom stereocenters. The molecule has 1 fully saturated rings. The molecule has 0 aliphatic carbocycles. The van der Waals surface area contributed by atoms with E-state index in [1.165, 1.54) is 12.8 Å². The summed E-state index contributed by atoms with van der Waals surface area (Å²) in [7, 11) is 0. The zero-order valence-electron chi connectivity index (χ0n) is 9.65. The Balaban J connectivity index is 1.86. The first kappa shape index (κ1) is 10.6. The summed E-state index contributed by atoms with van der Waals surface area (Å²) in [4.78, 5) is 0. The summed E-state index contributed by atoms with van der Waals surface area (Å²) in [5, 5.41) is 17.9. The highest BCUT2D eigenvalue weighted by Gasteiger charge is 2.17. The molecule has 0 bridgehead atoms. The molecule has 0 amide bonds. The summed E-state index contributed by atoms with van der Waals surface area (Å²) in [6, 6.07) is 5.13. The van der Waals surface area contributed by atoms with Crippen LogP contribution in [0.4, 0.5) is 0 Å². The van der Waals surface area contributed by atoms with Crippen LogP contribution in [0.2, 0.25) is 0 Å². The van der Waals surface area contributed by atoms with Crippen LogP contribution in [0.1, 0.15) is 18.5 Å². The molecule has 0 radical (unpaired) electrons. The second-order valence-electron chi connectivity index (χ2n) is 4.71. The van der Waals surface area contributed by atoms with Crippen molar-refractivity contribution in [3.8, 4) is 5.75 Å². The lowest BCUT2D eigenvalue weighted by atomic mass is 9.92. The lowest BCUT2D eigenvalue weighted by Crippen LogP contribution is -2.28. The number of phenols is 1. The van der Waals surface area contributed by atoms with Crippen LogP contribution in [0.25, 0.3) is 11.0 Å². The summed E-state index contributed by atoms with van der Waals surface area (Å²) < 4.78 is 5.27. The molecule has 17 heavy (non-hydrogen) atoms. The van der Waals surface area contributed by atoms with E-state index in [1.807, 2.05) is 0 Å². The second-order valence-corrected chi connectivity index (χ2v) is 4.71. The molecule has 2 aromatic rings. The van der Waals surface area contributed by atoms with E-state index >= 15 is 0 Å². The molecule has 4 heteroatoms. The van der Waals surface area contributed by atoms with E-state index in [0.717, 1.165) is 36.2 Å². The van der Waals surface area contributed by atoms with Gasteiger partial charge in [-0.3, -0.25) is 0 Å². The van der Waals surface area contributed by atoms with Crippen LogP contribution in [0.5, 0.6) is 5.75 Å². The van der Waals surface area contributed by atoms with Crippen molar-refractivity contribution in [1.29, 1.82) is 0 Å². The number of benzene rings is 1. The van der Waals surface area contributed by atoms with Crippen molar-refractivity contribution in [1.82, 2.24) is 10.5 Å². The highest BCUT2D eigenvalue weighted by atomic mass is 16.5. The summed E-state index contributed by atoms with van der Waals surface area (Å²) in [5.41, 5.74) is 1.73. The Morgan fingerprint density at radius 2 is 2.18 bits per heavy atom. The van der Waals surface area contributed by atoms with Gasteiger partial charge in [0, 0.05) is 5.39 Å². The van der Waals surface area contributed by atoms with E-state index in [-0.39, 0.29) is 5.75 Å². The Kier molecular flexibility index (Phi) is 2.73. The van der Waals surface area contributed by atoms with Crippen molar-refractivity contribution < 1.29 is 9.63 Å². The number of fused-ring (bicyclic) bond motifs is 1. The van der Waals surface area contributed by atoms with Crippen molar-refractivity contribution in [2.45, 2.75) is 19.3 Å². The molecule has 0 saturated carbocycles. The first-order valence-electron chi connectivity index (χ1n) is 6.11. The van der Waals surface area contributed by atoms with E-state index in [4.69, 9.17) is 4.52 Å². The maximum absolute atomic E-state index is 9.50. The number of aromatic nitrogens is 1. The Hall–Kier alpha value is -1.55. The van der Waals surface area contributed by atoms with Gasteiger partial charge in [0.05, 0.1) is 5.69 Å². The van der Waals surface area contributed by atoms with Crippen molar-refractivity contribution >= 4 is 11.0 Å². The quantitative estimate of drug-likeness (QED) is 0.832. The third-order valence-electron chi connectivity index (χ3n) is 3.47. The van der Waals surface area contributed by atoms with Gasteiger partial charge >= 0.3 is 0 Å². The van der Waals surface area contributed by atoms with Crippen molar-refractivity contribution in [3.63, 3.8) is 0 Å². The molecule has 4 nitrogen and oxygen atoms in total. The van der Waals surface area contributed by atoms with Gasteiger partial charge in [0.1, 0.15) is 5.75 Å². The molecule has 3 rings (SSSR count). The average molecular weight is 232 g/mol. The minimum Gasteiger partial charge on any atom is -0.508 e. The Bertz CT molecular complexity index is 515. The minimum absolute atomic E-state index is 0.271. The monoisotopic (exact) mass is 232 g/mol. The first-order chi connectivity index (χ1) is 8.33. The highest BCUT2D eigenvalue weighted by Crippen LogP contribution is 2.26. The van der Waals surface area contributed by atoms with E-state index in [2.05, 4.69) is 10.5 Å². The fraction of sp³-hybridized carbons (Fsp3) is 0.462. The van der Waals surface area contributed by atoms with Gasteiger partial charge in [-0.05, 0) is 56.5 Å². The van der Waals surface area contributed by atoms with Crippen LogP contribution in [0.3, 0.4) is 0 Å². The topological polar surface area (TPSA) is 58.3 Å². The lowest BCUT2D eigenvalue weighted by molar-refractivity contribution is 0.360. The fourth-order valence-electron chi connectivity index (χ4n) is 2.48. The Morgan fingerprint density at radius 3 is 3.00 bits per heavy atom. The zero-order valence-corrected chi connectivity index (χ0v) is 9.65. The van der Waals surface area contributed by atoms with Crippen LogP contribution in [-0.4, -0.2) is 23.4 Å². The van der Waals surface area contributed by atoms with Gasteiger partial charge in [-0.15, -0.1) is 0 Å². The third kappa shape index (κ3) is 2.13. The van der Waals surface area contributed by atoms with E-state index in [0.29, 0.717) is 5.92 Å². The molecule has 1 aromatic carbocycles. The highest BCUT2D eigenvalue weighted by molar-refractivity contribution is 5.80. The van der Waals surface area contributed by atoms with Gasteiger partial charge in [-0.25, -0.2) is 0 Å². The van der Waals surface area contributed by atoms with Crippen molar-refractivity contribution in [2.24, 2.45) is 5.92 Å². The Morgan fingerprint density at radius 1 is 1.35 bits per heavy atom. The zero-order chi connectivity index (χ0) is 11.7. The Labute approximate surface area is 99.6 Å². The lowest BCUT2D eigenvalue weighted by Gasteiger charge is -2.21. The predicted octanol–water partition coefficient (Wildman–Crippen LogP) is 2.08. The third-order valence-corrected chi connectivity index (χ3v) is 3.47. The first-order valence-corrected chi connectivity index (χ1v) is 6.11. The molecule has 0 spiro atoms. The standard InChI is InChI=1S/C13H16N2O2/c16-10-1-2-13-11(8-10)12(15-17-13)7-9-3-5-14-6-4-9/h1-2,8-9,14,16H,3-7H2. The number of rotatable bonds is 2. The smallest absolute Gasteiger partial charge is 0.167 e. The van der Waals surface area contributed by atoms with Crippen LogP contribution in [0, 0.1) is 5.92 Å². The molecule has 1 saturated heterocycles. The van der Waals surface area contributed by atoms with Gasteiger partial charge in [0.15, 0.2) is 5.58 Å². The van der Waals surface area contributed by atoms with E-state index in [9.17, 15) is 5.11 Å². The SMILES string of the molecule is Oc1ccc2onc(CC3CCNCC3)c2c1. The van der Waals surface area contributed by atoms with Gasteiger partial charge in [0.25, 0.3) is 0 Å². The van der Waals surface area contributed by atoms with E-state index < -0.39 is 0 Å². The summed E-state index contributed by atoms with van der Waals surface area (Å²) >= 11 is 0. The van der Waals surface area contributed by atoms with Crippen LogP contribution < -0.4 is 5.32 Å². The fourth-order valence-corrected chi connectivity index (χ4v) is 2.48. The molecule has 90 valence electrons. The van der Waals surface area contributed by atoms with Gasteiger partial charge in [0.2, 0.25) is 0 Å². The molecule has 2 heterocycles. The molecular weight excluding hydrogens is 216 g/mol. The number of nitrogens with zero attached hydrogens (tertiary/aromatic N) is 1. The number of phenolic OH excluding ortho intramolecular Hbond substituents is 1. The molecule has 1 aliphatic heterocycles. The average Bonchev–Trinajstić information content (AvgIpc) is 2.73. The van der Waals surface area contributed by atoms with Gasteiger partial charge in [-0.2, -0.15) is 0 Å². The number of aromatic hydroxyl groups is 1. The van der Waals surface area contributed by atoms with Crippen LogP contribution >= 0.6 is 0 Å². The molecule has 1 aromatic heterocycles. The largest absolute Gasteiger partial charge is 0.508 e. The maximum Gasteiger partial charge on any atom is 0.167 e. The number of hydrogen-bond acceptors (Lipinski definition) is 4. The van der Waals surface area contributed by atoms with Crippen LogP contribution in [-0.2, 0) is 6.42 Å². The number of nitrogens with one attached hydrogen (secondary N) is 1. The predicted molar refractivity (Wildman–Crippen MR) is 65.0 cm³/mol. The van der Waals surface area contributed by atoms with Gasteiger partial charge < -0.3 is 14.9 Å². The minimum atomic E-state index is 0.271. The number of piperidine rings is 1. The molecule has 0 atom stereocenters. The van der Waals surface area contributed by atoms with Crippen LogP contribution in [0.15, 0.2) is 22.7 Å². The summed E-state index contributed by atoms with van der Waals surface area (Å²) in [5.74, 6) is 0.944. The van der Waals surface area contributed by atoms with E-state index in [1.54, 1.807) is 18.2 Å². The molecule has 2 N–H and O–H groups in total. The molecule has 1 aliphatic rings. The van der Waals surface area contributed by atoms with Crippen molar-refractivity contribution in [3.05, 3.63) is 23.9 Å². The second kappa shape index (κ2) is 4.37. The maximum atomic E-state index is 9.50.